The lowest BCUT2D eigenvalue weighted by Gasteiger charge is -2.23. The fraction of sp³-hybridized carbons (Fsp3) is 0.167. The van der Waals surface area contributed by atoms with Crippen molar-refractivity contribution in [2.45, 2.75) is 0 Å². The lowest BCUT2D eigenvalue weighted by Crippen LogP contribution is -2.32. The van der Waals surface area contributed by atoms with E-state index in [2.05, 4.69) is 6.58 Å². The van der Waals surface area contributed by atoms with Crippen molar-refractivity contribution in [2.24, 2.45) is 5.73 Å². The second-order valence-corrected chi connectivity index (χ2v) is 3.97. The molecule has 6 heteroatoms. The van der Waals surface area contributed by atoms with Crippen LogP contribution in [-0.4, -0.2) is 30.1 Å². The highest BCUT2D eigenvalue weighted by Gasteiger charge is 2.18. The first kappa shape index (κ1) is 14.1. The fourth-order valence-corrected chi connectivity index (χ4v) is 1.85. The number of amides is 1. The first-order valence-corrected chi connectivity index (χ1v) is 5.51. The van der Waals surface area contributed by atoms with E-state index in [0.717, 1.165) is 0 Å². The van der Waals surface area contributed by atoms with E-state index < -0.39 is 11.9 Å². The van der Waals surface area contributed by atoms with E-state index in [0.29, 0.717) is 5.69 Å². The van der Waals surface area contributed by atoms with Gasteiger partial charge in [-0.25, -0.2) is 0 Å². The Balaban J connectivity index is 3.26. The minimum atomic E-state index is -1.02. The fourth-order valence-electron chi connectivity index (χ4n) is 1.59. The van der Waals surface area contributed by atoms with Crippen LogP contribution < -0.4 is 10.6 Å². The largest absolute Gasteiger partial charge is 0.480 e. The molecule has 0 heterocycles. The lowest BCUT2D eigenvalue weighted by molar-refractivity contribution is -0.135. The third-order valence-corrected chi connectivity index (χ3v) is 2.57. The summed E-state index contributed by atoms with van der Waals surface area (Å²) >= 11 is 5.90. The van der Waals surface area contributed by atoms with Gasteiger partial charge in [-0.1, -0.05) is 23.7 Å². The summed E-state index contributed by atoms with van der Waals surface area (Å²) in [7, 11) is 0. The molecule has 0 atom stereocenters. The van der Waals surface area contributed by atoms with Crippen LogP contribution >= 0.6 is 11.6 Å². The molecule has 0 radical (unpaired) electrons. The third-order valence-electron chi connectivity index (χ3n) is 2.25. The van der Waals surface area contributed by atoms with Gasteiger partial charge >= 0.3 is 5.97 Å². The molecule has 0 aliphatic heterocycles. The SMILES string of the molecule is C=CCN(CC(=O)O)c1cccc(Cl)c1C(N)=O. The summed E-state index contributed by atoms with van der Waals surface area (Å²) in [5.41, 5.74) is 5.76. The summed E-state index contributed by atoms with van der Waals surface area (Å²) in [5.74, 6) is -1.72. The number of aliphatic carboxylic acids is 1. The Morgan fingerprint density at radius 3 is 2.67 bits per heavy atom. The van der Waals surface area contributed by atoms with Crippen LogP contribution in [0.5, 0.6) is 0 Å². The molecule has 1 amide bonds. The van der Waals surface area contributed by atoms with E-state index in [-0.39, 0.29) is 23.7 Å². The van der Waals surface area contributed by atoms with Gasteiger partial charge in [-0.3, -0.25) is 9.59 Å². The highest BCUT2D eigenvalue weighted by atomic mass is 35.5. The van der Waals surface area contributed by atoms with Gasteiger partial charge in [0.1, 0.15) is 6.54 Å². The number of anilines is 1. The number of rotatable bonds is 6. The monoisotopic (exact) mass is 268 g/mol. The smallest absolute Gasteiger partial charge is 0.323 e. The maximum Gasteiger partial charge on any atom is 0.323 e. The zero-order valence-corrected chi connectivity index (χ0v) is 10.4. The van der Waals surface area contributed by atoms with Crippen LogP contribution in [0.1, 0.15) is 10.4 Å². The molecule has 0 fully saturated rings. The van der Waals surface area contributed by atoms with Gasteiger partial charge < -0.3 is 15.7 Å². The van der Waals surface area contributed by atoms with Crippen LogP contribution in [-0.2, 0) is 4.79 Å². The van der Waals surface area contributed by atoms with Crippen molar-refractivity contribution >= 4 is 29.2 Å². The predicted octanol–water partition coefficient (Wildman–Crippen LogP) is 1.52. The van der Waals surface area contributed by atoms with Crippen LogP contribution in [0.15, 0.2) is 30.9 Å². The number of benzene rings is 1. The van der Waals surface area contributed by atoms with Gasteiger partial charge in [0.25, 0.3) is 5.91 Å². The number of carbonyl (C=O) groups excluding carboxylic acids is 1. The number of carboxylic acid groups (broad SMARTS) is 1. The molecule has 0 saturated heterocycles. The number of hydrogen-bond acceptors (Lipinski definition) is 3. The average molecular weight is 269 g/mol. The third kappa shape index (κ3) is 3.24. The van der Waals surface area contributed by atoms with Crippen molar-refractivity contribution in [1.29, 1.82) is 0 Å². The number of nitrogens with zero attached hydrogens (tertiary/aromatic N) is 1. The van der Waals surface area contributed by atoms with E-state index in [1.807, 2.05) is 0 Å². The minimum absolute atomic E-state index is 0.113. The van der Waals surface area contributed by atoms with Crippen molar-refractivity contribution in [3.8, 4) is 0 Å². The highest BCUT2D eigenvalue weighted by Crippen LogP contribution is 2.27. The molecule has 18 heavy (non-hydrogen) atoms. The Labute approximate surface area is 109 Å². The van der Waals surface area contributed by atoms with Crippen LogP contribution in [0.25, 0.3) is 0 Å². The van der Waals surface area contributed by atoms with Gasteiger partial charge in [-0.15, -0.1) is 6.58 Å². The molecular formula is C12H13ClN2O3. The quantitative estimate of drug-likeness (QED) is 0.766. The zero-order chi connectivity index (χ0) is 13.7. The van der Waals surface area contributed by atoms with Gasteiger partial charge in [0, 0.05) is 6.54 Å². The average Bonchev–Trinajstić information content (AvgIpc) is 2.27. The maximum atomic E-state index is 11.4. The standard InChI is InChI=1S/C12H13ClN2O3/c1-2-6-15(7-10(16)17)9-5-3-4-8(13)11(9)12(14)18/h2-5H,1,6-7H2,(H2,14,18)(H,16,17). The molecule has 96 valence electrons. The predicted molar refractivity (Wildman–Crippen MR) is 70.0 cm³/mol. The number of carbonyl (C=O) groups is 2. The number of primary amides is 1. The normalized spacial score (nSPS) is 9.83. The van der Waals surface area contributed by atoms with Crippen molar-refractivity contribution in [3.63, 3.8) is 0 Å². The molecule has 0 spiro atoms. The molecule has 0 unspecified atom stereocenters. The molecule has 1 aromatic carbocycles. The first-order chi connectivity index (χ1) is 8.47. The van der Waals surface area contributed by atoms with Gasteiger partial charge in [-0.05, 0) is 12.1 Å². The second-order valence-electron chi connectivity index (χ2n) is 3.56. The second kappa shape index (κ2) is 6.07. The lowest BCUT2D eigenvalue weighted by atomic mass is 10.1. The molecular weight excluding hydrogens is 256 g/mol. The molecule has 0 bridgehead atoms. The number of halogens is 1. The minimum Gasteiger partial charge on any atom is -0.480 e. The van der Waals surface area contributed by atoms with Crippen molar-refractivity contribution in [2.75, 3.05) is 18.0 Å². The van der Waals surface area contributed by atoms with Crippen LogP contribution in [0.3, 0.4) is 0 Å². The maximum absolute atomic E-state index is 11.4. The summed E-state index contributed by atoms with van der Waals surface area (Å²) in [5, 5.41) is 9.04. The Kier molecular flexibility index (Phi) is 4.74. The summed E-state index contributed by atoms with van der Waals surface area (Å²) in [6, 6.07) is 4.75. The first-order valence-electron chi connectivity index (χ1n) is 5.13. The van der Waals surface area contributed by atoms with Crippen molar-refractivity contribution in [3.05, 3.63) is 41.4 Å². The number of nitrogens with two attached hydrogens (primary N) is 1. The molecule has 5 nitrogen and oxygen atoms in total. The number of carboxylic acids is 1. The summed E-state index contributed by atoms with van der Waals surface area (Å²) in [6.07, 6.45) is 1.54. The summed E-state index contributed by atoms with van der Waals surface area (Å²) in [6.45, 7) is 3.55. The van der Waals surface area contributed by atoms with Gasteiger partial charge in [0.2, 0.25) is 0 Å². The Morgan fingerprint density at radius 2 is 2.17 bits per heavy atom. The molecule has 3 N–H and O–H groups in total. The van der Waals surface area contributed by atoms with E-state index in [1.54, 1.807) is 12.1 Å². The topological polar surface area (TPSA) is 83.6 Å². The van der Waals surface area contributed by atoms with E-state index >= 15 is 0 Å². The molecule has 0 aliphatic rings. The molecule has 1 rings (SSSR count). The van der Waals surface area contributed by atoms with Gasteiger partial charge in [0.15, 0.2) is 0 Å². The highest BCUT2D eigenvalue weighted by molar-refractivity contribution is 6.34. The van der Waals surface area contributed by atoms with E-state index in [1.165, 1.54) is 17.0 Å². The number of hydrogen-bond donors (Lipinski definition) is 2. The Bertz CT molecular complexity index is 488. The Morgan fingerprint density at radius 1 is 1.50 bits per heavy atom. The van der Waals surface area contributed by atoms with Crippen LogP contribution in [0.2, 0.25) is 5.02 Å². The van der Waals surface area contributed by atoms with Crippen LogP contribution in [0.4, 0.5) is 5.69 Å². The molecule has 0 saturated carbocycles. The van der Waals surface area contributed by atoms with Crippen LogP contribution in [0, 0.1) is 0 Å². The van der Waals surface area contributed by atoms with E-state index in [9.17, 15) is 9.59 Å². The van der Waals surface area contributed by atoms with E-state index in [4.69, 9.17) is 22.4 Å². The Hall–Kier alpha value is -2.01. The van der Waals surface area contributed by atoms with Crippen molar-refractivity contribution < 1.29 is 14.7 Å². The molecule has 0 aliphatic carbocycles. The molecule has 1 aromatic rings. The zero-order valence-electron chi connectivity index (χ0n) is 9.60. The van der Waals surface area contributed by atoms with Crippen molar-refractivity contribution in [1.82, 2.24) is 0 Å². The molecule has 0 aromatic heterocycles. The summed E-state index contributed by atoms with van der Waals surface area (Å²) in [4.78, 5) is 23.6. The van der Waals surface area contributed by atoms with Gasteiger partial charge in [-0.2, -0.15) is 0 Å². The summed E-state index contributed by atoms with van der Waals surface area (Å²) < 4.78 is 0. The van der Waals surface area contributed by atoms with Gasteiger partial charge in [0.05, 0.1) is 16.3 Å².